The SMILES string of the molecule is COc1ccc(C)cc1NC(=O)OC1C[C@H]2CCC[C@@H](C1)N2CCCN(CC[S-])CC(=O)[N-]CC[S-].[O]=[Tc+3]. The first-order valence-electron chi connectivity index (χ1n) is 13.1. The average molecular weight is 650 g/mol. The summed E-state index contributed by atoms with van der Waals surface area (Å²) < 4.78 is 19.4. The van der Waals surface area contributed by atoms with E-state index in [2.05, 4.69) is 20.4 Å². The third kappa shape index (κ3) is 10.8. The Labute approximate surface area is 248 Å². The fourth-order valence-corrected chi connectivity index (χ4v) is 5.74. The quantitative estimate of drug-likeness (QED) is 0.322. The molecule has 212 valence electrons. The topological polar surface area (TPSA) is 102 Å². The van der Waals surface area contributed by atoms with Gasteiger partial charge in [0.05, 0.1) is 18.7 Å². The van der Waals surface area contributed by atoms with Crippen molar-refractivity contribution < 1.29 is 41.4 Å². The van der Waals surface area contributed by atoms with E-state index in [1.807, 2.05) is 25.1 Å². The van der Waals surface area contributed by atoms with Crippen molar-refractivity contribution in [2.75, 3.05) is 56.7 Å². The van der Waals surface area contributed by atoms with Crippen LogP contribution in [0.15, 0.2) is 18.2 Å². The van der Waals surface area contributed by atoms with Gasteiger partial charge in [-0.3, -0.25) is 15.1 Å². The molecule has 3 rings (SSSR count). The average Bonchev–Trinajstić information content (AvgIpc) is 2.89. The van der Waals surface area contributed by atoms with E-state index in [9.17, 15) is 9.59 Å². The van der Waals surface area contributed by atoms with E-state index in [4.69, 9.17) is 38.2 Å². The van der Waals surface area contributed by atoms with Crippen molar-refractivity contribution in [3.63, 3.8) is 0 Å². The number of rotatable bonds is 13. The van der Waals surface area contributed by atoms with Crippen LogP contribution >= 0.6 is 0 Å². The minimum atomic E-state index is -0.430. The molecule has 1 aromatic rings. The molecular weight excluding hydrogens is 610 g/mol. The van der Waals surface area contributed by atoms with Crippen molar-refractivity contribution in [1.29, 1.82) is 0 Å². The molecule has 3 atom stereocenters. The summed E-state index contributed by atoms with van der Waals surface area (Å²) in [5.41, 5.74) is 1.66. The fourth-order valence-electron chi connectivity index (χ4n) is 5.39. The Kier molecular flexibility index (Phi) is 15.8. The van der Waals surface area contributed by atoms with Crippen LogP contribution in [0.5, 0.6) is 5.75 Å². The fraction of sp³-hybridized carbons (Fsp3) is 0.692. The van der Waals surface area contributed by atoms with Crippen LogP contribution in [0.4, 0.5) is 10.5 Å². The summed E-state index contributed by atoms with van der Waals surface area (Å²) in [7, 11) is 1.59. The zero-order chi connectivity index (χ0) is 27.9. The number of nitrogens with zero attached hydrogens (tertiary/aromatic N) is 3. The second-order valence-corrected chi connectivity index (χ2v) is 10.4. The van der Waals surface area contributed by atoms with Crippen LogP contribution in [0.25, 0.3) is 5.32 Å². The third-order valence-corrected chi connectivity index (χ3v) is 7.35. The molecule has 12 heteroatoms. The zero-order valence-electron chi connectivity index (χ0n) is 22.2. The van der Waals surface area contributed by atoms with Crippen LogP contribution in [0.1, 0.15) is 44.1 Å². The van der Waals surface area contributed by atoms with Gasteiger partial charge in [-0.2, -0.15) is 18.1 Å². The van der Waals surface area contributed by atoms with Gasteiger partial charge < -0.3 is 44.8 Å². The van der Waals surface area contributed by atoms with Gasteiger partial charge in [0, 0.05) is 31.5 Å². The van der Waals surface area contributed by atoms with Crippen LogP contribution < -0.4 is 10.1 Å². The standard InChI is InChI=1S/C26H42N4O4S2.O.Tc/c1-19-7-8-24(33-2)23(15-19)28-26(32)34-22-16-20-5-3-6-21(17-22)30(20)11-4-10-29(12-14-36)18-25(31)27-9-13-35;;/h7-8,15,20-22H,3-6,9-14,16-18H2,1-2H3,(H4,27,28,31,32,35,36);;/q;;+3/p-3/t20-,21+,22?;;. The molecule has 1 aromatic carbocycles. The third-order valence-electron chi connectivity index (χ3n) is 6.98. The molecule has 2 heterocycles. The second kappa shape index (κ2) is 18.2. The monoisotopic (exact) mass is 648 g/mol. The number of nitrogens with one attached hydrogen (secondary N) is 1. The second-order valence-electron chi connectivity index (χ2n) is 9.62. The van der Waals surface area contributed by atoms with Gasteiger partial charge in [0.2, 0.25) is 0 Å². The van der Waals surface area contributed by atoms with E-state index in [1.165, 1.54) is 6.42 Å². The van der Waals surface area contributed by atoms with E-state index in [1.54, 1.807) is 7.11 Å². The molecule has 38 heavy (non-hydrogen) atoms. The summed E-state index contributed by atoms with van der Waals surface area (Å²) in [6, 6.07) is 6.50. The molecule has 1 unspecified atom stereocenters. The van der Waals surface area contributed by atoms with Gasteiger partial charge in [0.1, 0.15) is 11.9 Å². The Balaban J connectivity index is 0.00000247. The molecule has 2 aliphatic rings. The number of anilines is 1. The molecule has 0 saturated carbocycles. The molecule has 2 fully saturated rings. The summed E-state index contributed by atoms with van der Waals surface area (Å²) in [6.45, 7) is 5.21. The first-order valence-corrected chi connectivity index (χ1v) is 15.0. The van der Waals surface area contributed by atoms with Gasteiger partial charge in [-0.15, -0.1) is 0 Å². The predicted octanol–water partition coefficient (Wildman–Crippen LogP) is 3.50. The summed E-state index contributed by atoms with van der Waals surface area (Å²) in [5.74, 6) is 1.57. The van der Waals surface area contributed by atoms with E-state index in [-0.39, 0.29) is 12.0 Å². The molecule has 2 bridgehead atoms. The molecule has 0 aromatic heterocycles. The summed E-state index contributed by atoms with van der Waals surface area (Å²) >= 11 is 10.9. The molecule has 9 nitrogen and oxygen atoms in total. The van der Waals surface area contributed by atoms with Gasteiger partial charge >= 0.3 is 28.5 Å². The molecule has 0 aliphatic carbocycles. The van der Waals surface area contributed by atoms with Crippen LogP contribution in [-0.4, -0.2) is 91.3 Å². The van der Waals surface area contributed by atoms with Crippen LogP contribution in [0.2, 0.25) is 0 Å². The van der Waals surface area contributed by atoms with Crippen molar-refractivity contribution >= 4 is 42.9 Å². The van der Waals surface area contributed by atoms with Crippen molar-refractivity contribution in [3.8, 4) is 5.75 Å². The number of amides is 2. The number of methoxy groups -OCH3 is 1. The number of hydrogen-bond acceptors (Lipinski definition) is 9. The predicted molar refractivity (Wildman–Crippen MR) is 148 cm³/mol. The maximum atomic E-state index is 12.7. The molecule has 2 saturated heterocycles. The van der Waals surface area contributed by atoms with E-state index in [0.717, 1.165) is 69.6 Å². The molecule has 0 spiro atoms. The van der Waals surface area contributed by atoms with Gasteiger partial charge in [-0.1, -0.05) is 12.5 Å². The van der Waals surface area contributed by atoms with Crippen molar-refractivity contribution in [1.82, 2.24) is 9.80 Å². The summed E-state index contributed by atoms with van der Waals surface area (Å²) in [5, 5.41) is 6.86. The number of benzene rings is 1. The Bertz CT molecular complexity index is 870. The van der Waals surface area contributed by atoms with E-state index >= 15 is 0 Å². The van der Waals surface area contributed by atoms with Crippen LogP contribution in [-0.2, 0) is 57.1 Å². The van der Waals surface area contributed by atoms with Crippen molar-refractivity contribution in [3.05, 3.63) is 29.1 Å². The minimum absolute atomic E-state index is 0.0901. The molecule has 1 N–H and O–H groups in total. The number of carbonyl (C=O) groups excluding carboxylic acids is 2. The zero-order valence-corrected chi connectivity index (χ0v) is 25.7. The Morgan fingerprint density at radius 3 is 2.50 bits per heavy atom. The number of ether oxygens (including phenoxy) is 2. The van der Waals surface area contributed by atoms with E-state index < -0.39 is 6.09 Å². The summed E-state index contributed by atoms with van der Waals surface area (Å²) in [6.07, 6.45) is 5.61. The number of aryl methyl sites for hydroxylation is 1. The first-order chi connectivity index (χ1) is 18.4. The number of piperidine rings is 2. The number of fused-ring (bicyclic) bond motifs is 2. The Hall–Kier alpha value is -1.17. The number of carbonyl (C=O) groups is 2. The summed E-state index contributed by atoms with van der Waals surface area (Å²) in [4.78, 5) is 29.4. The van der Waals surface area contributed by atoms with Gasteiger partial charge in [0.15, 0.2) is 0 Å². The van der Waals surface area contributed by atoms with Crippen LogP contribution in [0.3, 0.4) is 0 Å². The Morgan fingerprint density at radius 2 is 1.87 bits per heavy atom. The molecule has 0 radical (unpaired) electrons. The number of hydrogen-bond donors (Lipinski definition) is 1. The first kappa shape index (κ1) is 33.0. The van der Waals surface area contributed by atoms with Gasteiger partial charge in [-0.05, 0) is 63.5 Å². The molecule has 2 aliphatic heterocycles. The molecule has 2 amide bonds. The van der Waals surface area contributed by atoms with Crippen molar-refractivity contribution in [2.24, 2.45) is 0 Å². The van der Waals surface area contributed by atoms with Gasteiger partial charge in [0.25, 0.3) is 0 Å². The van der Waals surface area contributed by atoms with Crippen LogP contribution in [0, 0.1) is 6.92 Å². The normalized spacial score (nSPS) is 20.7. The van der Waals surface area contributed by atoms with E-state index in [0.29, 0.717) is 54.7 Å². The maximum absolute atomic E-state index is 12.7. The Morgan fingerprint density at radius 1 is 1.16 bits per heavy atom. The van der Waals surface area contributed by atoms with Gasteiger partial charge in [-0.25, -0.2) is 4.79 Å². The molecular formula is C26H39N4O5S2Tc. The van der Waals surface area contributed by atoms with Crippen molar-refractivity contribution in [2.45, 2.75) is 63.6 Å².